The number of hydrogen-bond donors (Lipinski definition) is 0. The third-order valence-corrected chi connectivity index (χ3v) is 9.52. The molecule has 0 saturated heterocycles. The van der Waals surface area contributed by atoms with Gasteiger partial charge in [-0.05, 0) is 62.1 Å². The molecule has 5 aromatic rings. The first-order valence-corrected chi connectivity index (χ1v) is 19.0. The van der Waals surface area contributed by atoms with Crippen LogP contribution in [-0.4, -0.2) is 64.3 Å². The molecule has 14 heteroatoms. The number of benzene rings is 2. The Morgan fingerprint density at radius 2 is 1.29 bits per heavy atom. The second kappa shape index (κ2) is 20.8. The molecule has 7 rings (SSSR count). The summed E-state index contributed by atoms with van der Waals surface area (Å²) < 4.78 is 43.1. The van der Waals surface area contributed by atoms with E-state index >= 15 is 0 Å². The third kappa shape index (κ3) is 10.6. The van der Waals surface area contributed by atoms with Crippen molar-refractivity contribution in [3.8, 4) is 11.5 Å². The molecule has 2 aliphatic rings. The quantitative estimate of drug-likeness (QED) is 0.0224. The minimum absolute atomic E-state index is 0. The van der Waals surface area contributed by atoms with Gasteiger partial charge in [0, 0.05) is 38.4 Å². The van der Waals surface area contributed by atoms with E-state index in [1.165, 1.54) is 40.7 Å². The maximum atomic E-state index is 14.3. The minimum Gasteiger partial charge on any atom is -0.500 e. The van der Waals surface area contributed by atoms with Gasteiger partial charge in [-0.25, -0.2) is 19.6 Å². The van der Waals surface area contributed by atoms with Gasteiger partial charge >= 0.3 is 11.9 Å². The molecule has 59 heavy (non-hydrogen) atoms. The summed E-state index contributed by atoms with van der Waals surface area (Å²) in [5.74, 6) is -2.58. The van der Waals surface area contributed by atoms with Crippen molar-refractivity contribution in [3.63, 3.8) is 0 Å². The van der Waals surface area contributed by atoms with Crippen LogP contribution in [0.15, 0.2) is 95.9 Å². The van der Waals surface area contributed by atoms with Crippen molar-refractivity contribution >= 4 is 28.8 Å². The fourth-order valence-electron chi connectivity index (χ4n) is 6.87. The Kier molecular flexibility index (Phi) is 16.0. The highest BCUT2D eigenvalue weighted by Gasteiger charge is 2.28. The number of halogens is 2. The molecule has 0 spiro atoms. The zero-order chi connectivity index (χ0) is 40.5. The molecule has 0 amide bonds. The maximum Gasteiger partial charge on any atom is 0.345 e. The predicted molar refractivity (Wildman–Crippen MR) is 218 cm³/mol. The molecule has 0 aliphatic heterocycles. The van der Waals surface area contributed by atoms with Gasteiger partial charge in [-0.1, -0.05) is 56.0 Å². The number of nitrogens with zero attached hydrogens (tertiary/aromatic N) is 3. The molecule has 0 N–H and O–H groups in total. The summed E-state index contributed by atoms with van der Waals surface area (Å²) >= 11 is 0. The fraction of sp³-hybridized carbons (Fsp3) is 0.333. The van der Waals surface area contributed by atoms with E-state index in [9.17, 15) is 23.6 Å². The molecule has 0 unspecified atom stereocenters. The zero-order valence-electron chi connectivity index (χ0n) is 32.7. The lowest BCUT2D eigenvalue weighted by Gasteiger charge is -2.15. The van der Waals surface area contributed by atoms with Gasteiger partial charge in [0.25, 0.3) is 0 Å². The summed E-state index contributed by atoms with van der Waals surface area (Å²) in [7, 11) is 0. The van der Waals surface area contributed by atoms with Gasteiger partial charge < -0.3 is 28.3 Å². The summed E-state index contributed by atoms with van der Waals surface area (Å²) in [4.78, 5) is 58.0. The highest BCUT2D eigenvalue weighted by atomic mass is 19.1. The van der Waals surface area contributed by atoms with E-state index in [0.717, 1.165) is 31.9 Å². The zero-order valence-corrected chi connectivity index (χ0v) is 32.7. The van der Waals surface area contributed by atoms with E-state index in [4.69, 9.17) is 23.7 Å². The van der Waals surface area contributed by atoms with Crippen molar-refractivity contribution < 1.29 is 47.2 Å². The Balaban J connectivity index is 0.000000252. The number of hydrogen-bond acceptors (Lipinski definition) is 11. The number of esters is 2. The molecule has 3 heterocycles. The van der Waals surface area contributed by atoms with Crippen LogP contribution < -0.4 is 14.9 Å². The third-order valence-electron chi connectivity index (χ3n) is 9.52. The van der Waals surface area contributed by atoms with E-state index in [1.54, 1.807) is 37.6 Å². The molecule has 2 aromatic carbocycles. The number of fused-ring (bicyclic) bond motifs is 3. The van der Waals surface area contributed by atoms with E-state index in [-0.39, 0.29) is 66.5 Å². The molecule has 0 atom stereocenters. The maximum absolute atomic E-state index is 14.3. The van der Waals surface area contributed by atoms with E-state index in [2.05, 4.69) is 22.1 Å². The summed E-state index contributed by atoms with van der Waals surface area (Å²) in [6, 6.07) is 19.3. The van der Waals surface area contributed by atoms with E-state index < -0.39 is 29.2 Å². The summed E-state index contributed by atoms with van der Waals surface area (Å²) in [5, 5.41) is 0.361. The summed E-state index contributed by atoms with van der Waals surface area (Å²) in [5.41, 5.74) is 4.37. The van der Waals surface area contributed by atoms with Crippen LogP contribution in [-0.2, 0) is 51.2 Å². The van der Waals surface area contributed by atoms with E-state index in [1.807, 2.05) is 43.3 Å². The average Bonchev–Trinajstić information content (AvgIpc) is 3.82. The molecule has 3 aromatic heterocycles. The van der Waals surface area contributed by atoms with Crippen LogP contribution in [0, 0.1) is 5.95 Å². The molecular formula is C45H49F2N3O9. The molecule has 12 nitrogen and oxygen atoms in total. The first-order chi connectivity index (χ1) is 27.6. The van der Waals surface area contributed by atoms with Crippen LogP contribution >= 0.6 is 0 Å². The first-order valence-electron chi connectivity index (χ1n) is 19.0. The van der Waals surface area contributed by atoms with Crippen LogP contribution in [0.5, 0.6) is 11.5 Å². The smallest absolute Gasteiger partial charge is 0.345 e. The number of ketones is 1. The minimum atomic E-state index is -0.997. The Morgan fingerprint density at radius 3 is 1.80 bits per heavy atom. The number of aryl methyl sites for hydroxylation is 1. The van der Waals surface area contributed by atoms with Crippen molar-refractivity contribution in [3.05, 3.63) is 141 Å². The standard InChI is InChI=1S/C22H22FNO5.C22H22N2O4.CH4.FH/c1-3-27-13-19(22(26)28-4-2)20(25)18-11-17(12-24-21(18)23)29-16-9-14-7-5-6-8-15(14)10-16;1-3-24-13-19(22(26)27-4-2)20(25)18-11-17(12-23-21(18)24)28-16-9-14-7-5-6-8-15(14)10-16;;/h5-8,11-13,16H,3-4,9-10H2,1-2H3;5-8,11-13,16H,3-4,9-10H2,1-2H3;1H4;1H/b19-13-;;;. The number of pyridine rings is 3. The summed E-state index contributed by atoms with van der Waals surface area (Å²) in [6.45, 7) is 8.05. The normalized spacial score (nSPS) is 13.1. The number of ether oxygens (including phenoxy) is 5. The van der Waals surface area contributed by atoms with Crippen molar-refractivity contribution in [2.24, 2.45) is 0 Å². The Morgan fingerprint density at radius 1 is 0.763 bits per heavy atom. The van der Waals surface area contributed by atoms with Gasteiger partial charge in [0.1, 0.15) is 46.8 Å². The van der Waals surface area contributed by atoms with Crippen LogP contribution in [0.2, 0.25) is 0 Å². The van der Waals surface area contributed by atoms with Gasteiger partial charge in [-0.15, -0.1) is 0 Å². The second-order valence-corrected chi connectivity index (χ2v) is 13.3. The van der Waals surface area contributed by atoms with Crippen molar-refractivity contribution in [2.75, 3.05) is 19.8 Å². The van der Waals surface area contributed by atoms with Crippen molar-refractivity contribution in [1.82, 2.24) is 14.5 Å². The van der Waals surface area contributed by atoms with Gasteiger partial charge in [-0.2, -0.15) is 4.39 Å². The number of rotatable bonds is 13. The Hall–Kier alpha value is -6.44. The summed E-state index contributed by atoms with van der Waals surface area (Å²) in [6.07, 6.45) is 8.35. The van der Waals surface area contributed by atoms with E-state index in [0.29, 0.717) is 23.3 Å². The lowest BCUT2D eigenvalue weighted by molar-refractivity contribution is -0.138. The van der Waals surface area contributed by atoms with Crippen LogP contribution in [0.3, 0.4) is 0 Å². The van der Waals surface area contributed by atoms with Gasteiger partial charge in [-0.3, -0.25) is 14.3 Å². The Bertz CT molecular complexity index is 2330. The molecule has 312 valence electrons. The number of carbonyl (C=O) groups is 3. The van der Waals surface area contributed by atoms with Gasteiger partial charge in [0.05, 0.1) is 43.2 Å². The number of Topliss-reactive ketones (excluding diaryl/α,β-unsaturated/α-hetero) is 1. The molecule has 2 aliphatic carbocycles. The SMILES string of the molecule is C.CCO/C=C(\C(=O)OCC)C(=O)c1cc(OC2Cc3ccccc3C2)cnc1F.CCOC(=O)c1cn(CC)c2ncc(OC3Cc4ccccc4C3)cc2c1=O.F. The lowest BCUT2D eigenvalue weighted by Crippen LogP contribution is -2.22. The van der Waals surface area contributed by atoms with Gasteiger partial charge in [0.2, 0.25) is 17.2 Å². The lowest BCUT2D eigenvalue weighted by atomic mass is 10.1. The van der Waals surface area contributed by atoms with Crippen molar-refractivity contribution in [2.45, 2.75) is 79.6 Å². The van der Waals surface area contributed by atoms with Crippen molar-refractivity contribution in [1.29, 1.82) is 0 Å². The average molecular weight is 814 g/mol. The largest absolute Gasteiger partial charge is 0.500 e. The Labute approximate surface area is 341 Å². The highest BCUT2D eigenvalue weighted by Crippen LogP contribution is 2.28. The fourth-order valence-corrected chi connectivity index (χ4v) is 6.87. The molecular weight excluding hydrogens is 765 g/mol. The number of aromatic nitrogens is 3. The molecule has 0 saturated carbocycles. The molecule has 0 radical (unpaired) electrons. The molecule has 0 bridgehead atoms. The predicted octanol–water partition coefficient (Wildman–Crippen LogP) is 7.36. The second-order valence-electron chi connectivity index (χ2n) is 13.3. The first kappa shape index (κ1) is 45.3. The molecule has 0 fully saturated rings. The van der Waals surface area contributed by atoms with Crippen LogP contribution in [0.1, 0.15) is 78.1 Å². The number of carbonyl (C=O) groups excluding carboxylic acids is 3. The van der Waals surface area contributed by atoms with Gasteiger partial charge in [0.15, 0.2) is 0 Å². The topological polar surface area (TPSA) is 145 Å². The van der Waals surface area contributed by atoms with Crippen LogP contribution in [0.25, 0.3) is 11.0 Å². The monoisotopic (exact) mass is 813 g/mol. The highest BCUT2D eigenvalue weighted by molar-refractivity contribution is 6.24. The van der Waals surface area contributed by atoms with Crippen LogP contribution in [0.4, 0.5) is 9.09 Å².